The Morgan fingerprint density at radius 3 is 2.50 bits per heavy atom. The first-order valence-electron chi connectivity index (χ1n) is 5.74. The van der Waals surface area contributed by atoms with Gasteiger partial charge in [0.25, 0.3) is 0 Å². The molecule has 2 atom stereocenters. The van der Waals surface area contributed by atoms with E-state index in [0.717, 1.165) is 12.8 Å². The van der Waals surface area contributed by atoms with Gasteiger partial charge in [0.1, 0.15) is 6.04 Å². The van der Waals surface area contributed by atoms with Gasteiger partial charge < -0.3 is 15.7 Å². The third kappa shape index (κ3) is 2.72. The average Bonchev–Trinajstić information content (AvgIpc) is 2.26. The van der Waals surface area contributed by atoms with Crippen molar-refractivity contribution in [3.63, 3.8) is 0 Å². The first kappa shape index (κ1) is 13.0. The van der Waals surface area contributed by atoms with Gasteiger partial charge in [0.2, 0.25) is 5.91 Å². The summed E-state index contributed by atoms with van der Waals surface area (Å²) in [5.74, 6) is -1.13. The van der Waals surface area contributed by atoms with Crippen LogP contribution in [0.15, 0.2) is 0 Å². The summed E-state index contributed by atoms with van der Waals surface area (Å²) in [6.07, 6.45) is 2.25. The van der Waals surface area contributed by atoms with Gasteiger partial charge in [0.05, 0.1) is 6.04 Å². The van der Waals surface area contributed by atoms with Gasteiger partial charge in [-0.05, 0) is 25.2 Å². The molecule has 0 aromatic heterocycles. The fourth-order valence-electron chi connectivity index (χ4n) is 1.93. The van der Waals surface area contributed by atoms with Crippen molar-refractivity contribution in [1.29, 1.82) is 0 Å². The predicted molar refractivity (Wildman–Crippen MR) is 59.8 cm³/mol. The maximum Gasteiger partial charge on any atom is 0.326 e. The molecule has 1 saturated heterocycles. The Kier molecular flexibility index (Phi) is 4.29. The van der Waals surface area contributed by atoms with Crippen molar-refractivity contribution in [3.8, 4) is 0 Å². The van der Waals surface area contributed by atoms with Crippen LogP contribution in [0.1, 0.15) is 33.1 Å². The molecule has 0 spiro atoms. The molecule has 1 amide bonds. The third-order valence-electron chi connectivity index (χ3n) is 3.07. The summed E-state index contributed by atoms with van der Waals surface area (Å²) in [6, 6.07) is -1.29. The molecule has 0 radical (unpaired) electrons. The molecule has 1 fully saturated rings. The molecule has 1 heterocycles. The summed E-state index contributed by atoms with van der Waals surface area (Å²) >= 11 is 0. The molecule has 0 aromatic rings. The molecule has 0 aliphatic carbocycles. The Labute approximate surface area is 95.6 Å². The van der Waals surface area contributed by atoms with Gasteiger partial charge in [-0.25, -0.2) is 4.79 Å². The lowest BCUT2D eigenvalue weighted by molar-refractivity contribution is -0.153. The largest absolute Gasteiger partial charge is 0.480 e. The number of rotatable bonds is 3. The highest BCUT2D eigenvalue weighted by molar-refractivity contribution is 5.87. The lowest BCUT2D eigenvalue weighted by Gasteiger charge is -2.35. The van der Waals surface area contributed by atoms with Crippen LogP contribution in [0.3, 0.4) is 0 Å². The van der Waals surface area contributed by atoms with E-state index in [2.05, 4.69) is 0 Å². The molecular formula is C11H20N2O3. The van der Waals surface area contributed by atoms with Crippen molar-refractivity contribution in [1.82, 2.24) is 4.90 Å². The zero-order valence-electron chi connectivity index (χ0n) is 9.85. The number of piperidine rings is 1. The monoisotopic (exact) mass is 228 g/mol. The quantitative estimate of drug-likeness (QED) is 0.734. The second-order valence-electron chi connectivity index (χ2n) is 4.65. The van der Waals surface area contributed by atoms with E-state index in [1.165, 1.54) is 4.90 Å². The molecule has 16 heavy (non-hydrogen) atoms. The molecule has 92 valence electrons. The highest BCUT2D eigenvalue weighted by Gasteiger charge is 2.34. The van der Waals surface area contributed by atoms with Crippen molar-refractivity contribution < 1.29 is 14.7 Å². The van der Waals surface area contributed by atoms with Crippen LogP contribution in [0.5, 0.6) is 0 Å². The molecule has 5 nitrogen and oxygen atoms in total. The number of amides is 1. The van der Waals surface area contributed by atoms with Crippen LogP contribution in [0.25, 0.3) is 0 Å². The highest BCUT2D eigenvalue weighted by atomic mass is 16.4. The fourth-order valence-corrected chi connectivity index (χ4v) is 1.93. The van der Waals surface area contributed by atoms with E-state index in [1.54, 1.807) is 0 Å². The third-order valence-corrected chi connectivity index (χ3v) is 3.07. The molecule has 0 unspecified atom stereocenters. The normalized spacial score (nSPS) is 23.2. The van der Waals surface area contributed by atoms with Crippen LogP contribution in [-0.4, -0.2) is 40.5 Å². The second kappa shape index (κ2) is 5.30. The zero-order valence-corrected chi connectivity index (χ0v) is 9.85. The fraction of sp³-hybridized carbons (Fsp3) is 0.818. The summed E-state index contributed by atoms with van der Waals surface area (Å²) in [5, 5.41) is 9.04. The first-order chi connectivity index (χ1) is 7.45. The topological polar surface area (TPSA) is 83.6 Å². The van der Waals surface area contributed by atoms with Gasteiger partial charge >= 0.3 is 5.97 Å². The van der Waals surface area contributed by atoms with E-state index >= 15 is 0 Å². The van der Waals surface area contributed by atoms with Gasteiger partial charge in [-0.15, -0.1) is 0 Å². The Balaban J connectivity index is 2.75. The van der Waals surface area contributed by atoms with E-state index in [-0.39, 0.29) is 11.8 Å². The summed E-state index contributed by atoms with van der Waals surface area (Å²) in [6.45, 7) is 4.24. The van der Waals surface area contributed by atoms with Crippen LogP contribution < -0.4 is 5.73 Å². The van der Waals surface area contributed by atoms with Crippen molar-refractivity contribution in [2.24, 2.45) is 11.7 Å². The van der Waals surface area contributed by atoms with Crippen LogP contribution in [0.2, 0.25) is 0 Å². The molecule has 1 rings (SSSR count). The van der Waals surface area contributed by atoms with Gasteiger partial charge in [-0.1, -0.05) is 13.8 Å². The number of hydrogen-bond donors (Lipinski definition) is 2. The van der Waals surface area contributed by atoms with E-state index in [1.807, 2.05) is 13.8 Å². The van der Waals surface area contributed by atoms with E-state index < -0.39 is 18.1 Å². The van der Waals surface area contributed by atoms with Crippen molar-refractivity contribution in [2.45, 2.75) is 45.2 Å². The summed E-state index contributed by atoms with van der Waals surface area (Å²) < 4.78 is 0. The summed E-state index contributed by atoms with van der Waals surface area (Å²) in [5.41, 5.74) is 5.77. The number of nitrogens with zero attached hydrogens (tertiary/aromatic N) is 1. The first-order valence-corrected chi connectivity index (χ1v) is 5.74. The minimum atomic E-state index is -0.927. The second-order valence-corrected chi connectivity index (χ2v) is 4.65. The van der Waals surface area contributed by atoms with Gasteiger partial charge in [-0.3, -0.25) is 4.79 Å². The molecule has 3 N–H and O–H groups in total. The predicted octanol–water partition coefficient (Wildman–Crippen LogP) is 0.435. The van der Waals surface area contributed by atoms with Crippen LogP contribution in [-0.2, 0) is 9.59 Å². The Bertz CT molecular complexity index is 278. The van der Waals surface area contributed by atoms with Gasteiger partial charge in [0, 0.05) is 6.54 Å². The van der Waals surface area contributed by atoms with Crippen molar-refractivity contribution in [3.05, 3.63) is 0 Å². The average molecular weight is 228 g/mol. The number of hydrogen-bond acceptors (Lipinski definition) is 3. The van der Waals surface area contributed by atoms with E-state index in [0.29, 0.717) is 13.0 Å². The van der Waals surface area contributed by atoms with Crippen LogP contribution in [0.4, 0.5) is 0 Å². The molecule has 1 aliphatic rings. The molecule has 0 aromatic carbocycles. The Morgan fingerprint density at radius 2 is 2.00 bits per heavy atom. The van der Waals surface area contributed by atoms with E-state index in [4.69, 9.17) is 10.8 Å². The molecular weight excluding hydrogens is 208 g/mol. The Morgan fingerprint density at radius 1 is 1.38 bits per heavy atom. The van der Waals surface area contributed by atoms with Crippen molar-refractivity contribution in [2.75, 3.05) is 6.54 Å². The van der Waals surface area contributed by atoms with Crippen LogP contribution in [0, 0.1) is 5.92 Å². The molecule has 0 saturated carbocycles. The lowest BCUT2D eigenvalue weighted by atomic mass is 9.98. The number of carbonyl (C=O) groups excluding carboxylic acids is 1. The smallest absolute Gasteiger partial charge is 0.326 e. The van der Waals surface area contributed by atoms with Crippen molar-refractivity contribution >= 4 is 11.9 Å². The molecule has 0 bridgehead atoms. The maximum absolute atomic E-state index is 12.0. The Hall–Kier alpha value is -1.10. The number of likely N-dealkylation sites (tertiary alicyclic amines) is 1. The highest BCUT2D eigenvalue weighted by Crippen LogP contribution is 2.19. The number of aliphatic carboxylic acids is 1. The van der Waals surface area contributed by atoms with Gasteiger partial charge in [-0.2, -0.15) is 0 Å². The summed E-state index contributed by atoms with van der Waals surface area (Å²) in [4.78, 5) is 24.4. The SMILES string of the molecule is CC(C)[C@@H](N)C(=O)N1CCCC[C@@H]1C(=O)O. The standard InChI is InChI=1S/C11H20N2O3/c1-7(2)9(12)10(14)13-6-4-3-5-8(13)11(15)16/h7-9H,3-6,12H2,1-2H3,(H,15,16)/t8-,9-/m1/s1. The van der Waals surface area contributed by atoms with Gasteiger partial charge in [0.15, 0.2) is 0 Å². The maximum atomic E-state index is 12.0. The number of carboxylic acids is 1. The minimum absolute atomic E-state index is 0.0314. The number of nitrogens with two attached hydrogens (primary N) is 1. The number of carboxylic acid groups (broad SMARTS) is 1. The summed E-state index contributed by atoms with van der Waals surface area (Å²) in [7, 11) is 0. The lowest BCUT2D eigenvalue weighted by Crippen LogP contribution is -2.54. The van der Waals surface area contributed by atoms with E-state index in [9.17, 15) is 9.59 Å². The number of carbonyl (C=O) groups is 2. The zero-order chi connectivity index (χ0) is 12.3. The molecule has 1 aliphatic heterocycles. The van der Waals surface area contributed by atoms with Crippen LogP contribution >= 0.6 is 0 Å². The minimum Gasteiger partial charge on any atom is -0.480 e. The molecule has 5 heteroatoms.